The molecule has 0 aromatic carbocycles. The standard InChI is InChI=1S/C48H82N2O7/c1-3-5-7-9-11-13-15-16-17-18-19-20-21-23-25-27-32-36-40-47(54)57-43(37-33-29-26-24-22-14-12-10-8-6-4-2)38-34-30-28-31-35-39-45(52)49-41-46(53)50-44(42-51)48(55)56/h12-15,17-18,24,26,33,37,43-44,51H,3-11,16,19-23,25,27-32,34-36,38-42H2,1-2H3,(H,49,52)(H,50,53)(H,55,56)/b14-12-,15-13-,18-17-,26-24-,37-33-. The molecule has 0 saturated carbocycles. The summed E-state index contributed by atoms with van der Waals surface area (Å²) in [7, 11) is 0. The van der Waals surface area contributed by atoms with Crippen molar-refractivity contribution in [1.82, 2.24) is 10.6 Å². The quantitative estimate of drug-likeness (QED) is 0.0275. The van der Waals surface area contributed by atoms with Crippen molar-refractivity contribution in [3.8, 4) is 0 Å². The zero-order chi connectivity index (χ0) is 41.9. The van der Waals surface area contributed by atoms with E-state index in [1.807, 2.05) is 6.08 Å². The molecule has 0 aromatic heterocycles. The molecule has 0 fully saturated rings. The fourth-order valence-electron chi connectivity index (χ4n) is 6.20. The predicted octanol–water partition coefficient (Wildman–Crippen LogP) is 11.3. The number of esters is 1. The first kappa shape index (κ1) is 53.5. The average Bonchev–Trinajstić information content (AvgIpc) is 3.20. The monoisotopic (exact) mass is 799 g/mol. The Morgan fingerprint density at radius 2 is 1.00 bits per heavy atom. The molecule has 2 atom stereocenters. The van der Waals surface area contributed by atoms with Gasteiger partial charge in [-0.25, -0.2) is 4.79 Å². The number of unbranched alkanes of at least 4 members (excludes halogenated alkanes) is 18. The van der Waals surface area contributed by atoms with Gasteiger partial charge in [-0.1, -0.05) is 152 Å². The lowest BCUT2D eigenvalue weighted by atomic mass is 10.1. The lowest BCUT2D eigenvalue weighted by Crippen LogP contribution is -2.47. The Kier molecular flexibility index (Phi) is 39.6. The van der Waals surface area contributed by atoms with Crippen molar-refractivity contribution in [2.24, 2.45) is 0 Å². The second kappa shape index (κ2) is 42.2. The van der Waals surface area contributed by atoms with Crippen LogP contribution in [0.3, 0.4) is 0 Å². The SMILES string of the molecule is CCCCC/C=C\C/C=C\C/C=C\C(CCCCCCCC(=O)NCC(=O)NC(CO)C(=O)O)OC(=O)CCCCCCCCC/C=C\C/C=C\CCCCCC. The van der Waals surface area contributed by atoms with E-state index in [1.165, 1.54) is 77.0 Å². The van der Waals surface area contributed by atoms with Crippen LogP contribution in [0.1, 0.15) is 194 Å². The van der Waals surface area contributed by atoms with Gasteiger partial charge in [-0.05, 0) is 89.5 Å². The summed E-state index contributed by atoms with van der Waals surface area (Å²) in [6, 6.07) is -1.39. The summed E-state index contributed by atoms with van der Waals surface area (Å²) in [5.41, 5.74) is 0. The van der Waals surface area contributed by atoms with Crippen LogP contribution in [0.15, 0.2) is 60.8 Å². The number of amides is 2. The van der Waals surface area contributed by atoms with E-state index in [0.29, 0.717) is 12.8 Å². The average molecular weight is 799 g/mol. The Labute approximate surface area is 347 Å². The van der Waals surface area contributed by atoms with Crippen LogP contribution in [0, 0.1) is 0 Å². The van der Waals surface area contributed by atoms with Gasteiger partial charge < -0.3 is 25.6 Å². The van der Waals surface area contributed by atoms with Crippen LogP contribution >= 0.6 is 0 Å². The largest absolute Gasteiger partial charge is 0.480 e. The minimum atomic E-state index is -1.39. The van der Waals surface area contributed by atoms with E-state index in [2.05, 4.69) is 79.2 Å². The maximum atomic E-state index is 12.8. The van der Waals surface area contributed by atoms with Gasteiger partial charge in [0, 0.05) is 12.8 Å². The first-order chi connectivity index (χ1) is 27.8. The van der Waals surface area contributed by atoms with Gasteiger partial charge in [0.15, 0.2) is 0 Å². The van der Waals surface area contributed by atoms with Crippen LogP contribution in [-0.2, 0) is 23.9 Å². The number of allylic oxidation sites excluding steroid dienone is 9. The molecule has 0 radical (unpaired) electrons. The van der Waals surface area contributed by atoms with Crippen molar-refractivity contribution in [3.63, 3.8) is 0 Å². The fraction of sp³-hybridized carbons (Fsp3) is 0.708. The zero-order valence-electron chi connectivity index (χ0n) is 36.1. The third-order valence-corrected chi connectivity index (χ3v) is 9.72. The van der Waals surface area contributed by atoms with Gasteiger partial charge in [-0.3, -0.25) is 14.4 Å². The van der Waals surface area contributed by atoms with Crippen molar-refractivity contribution in [3.05, 3.63) is 60.8 Å². The number of rotatable bonds is 40. The third-order valence-electron chi connectivity index (χ3n) is 9.72. The number of hydrogen-bond donors (Lipinski definition) is 4. The molecule has 9 heteroatoms. The van der Waals surface area contributed by atoms with E-state index in [1.54, 1.807) is 0 Å². The molecule has 57 heavy (non-hydrogen) atoms. The van der Waals surface area contributed by atoms with Crippen LogP contribution in [0.4, 0.5) is 0 Å². The lowest BCUT2D eigenvalue weighted by molar-refractivity contribution is -0.147. The van der Waals surface area contributed by atoms with E-state index < -0.39 is 24.5 Å². The summed E-state index contributed by atoms with van der Waals surface area (Å²) < 4.78 is 5.92. The lowest BCUT2D eigenvalue weighted by Gasteiger charge is -2.15. The Bertz CT molecular complexity index is 1140. The zero-order valence-corrected chi connectivity index (χ0v) is 36.1. The minimum absolute atomic E-state index is 0.124. The topological polar surface area (TPSA) is 142 Å². The molecule has 0 rings (SSSR count). The van der Waals surface area contributed by atoms with Gasteiger partial charge in [0.05, 0.1) is 13.2 Å². The molecule has 9 nitrogen and oxygen atoms in total. The molecule has 0 aliphatic heterocycles. The molecule has 0 saturated heterocycles. The third kappa shape index (κ3) is 39.2. The molecule has 0 spiro atoms. The van der Waals surface area contributed by atoms with Crippen molar-refractivity contribution in [1.29, 1.82) is 0 Å². The summed E-state index contributed by atoms with van der Waals surface area (Å²) in [5.74, 6) is -2.40. The minimum Gasteiger partial charge on any atom is -0.480 e. The smallest absolute Gasteiger partial charge is 0.328 e. The highest BCUT2D eigenvalue weighted by molar-refractivity contribution is 5.87. The highest BCUT2D eigenvalue weighted by Crippen LogP contribution is 2.15. The molecule has 0 heterocycles. The maximum absolute atomic E-state index is 12.8. The number of ether oxygens (including phenoxy) is 1. The van der Waals surface area contributed by atoms with Gasteiger partial charge in [0.2, 0.25) is 11.8 Å². The van der Waals surface area contributed by atoms with E-state index in [4.69, 9.17) is 14.9 Å². The van der Waals surface area contributed by atoms with Crippen LogP contribution in [0.25, 0.3) is 0 Å². The highest BCUT2D eigenvalue weighted by atomic mass is 16.5. The van der Waals surface area contributed by atoms with Gasteiger partial charge in [0.25, 0.3) is 0 Å². The number of aliphatic carboxylic acids is 1. The summed E-state index contributed by atoms with van der Waals surface area (Å²) in [5, 5.41) is 22.5. The van der Waals surface area contributed by atoms with E-state index in [0.717, 1.165) is 83.5 Å². The maximum Gasteiger partial charge on any atom is 0.328 e. The second-order valence-electron chi connectivity index (χ2n) is 15.1. The number of aliphatic hydroxyl groups is 1. The number of nitrogens with one attached hydrogen (secondary N) is 2. The summed E-state index contributed by atoms with van der Waals surface area (Å²) in [6.45, 7) is 3.41. The van der Waals surface area contributed by atoms with Crippen LogP contribution < -0.4 is 10.6 Å². The number of carboxylic acid groups (broad SMARTS) is 1. The molecule has 0 aliphatic carbocycles. The molecule has 0 aromatic rings. The molecule has 326 valence electrons. The van der Waals surface area contributed by atoms with Gasteiger partial charge in [-0.2, -0.15) is 0 Å². The molecule has 0 bridgehead atoms. The van der Waals surface area contributed by atoms with E-state index >= 15 is 0 Å². The fourth-order valence-corrected chi connectivity index (χ4v) is 6.20. The van der Waals surface area contributed by atoms with Crippen LogP contribution in [-0.4, -0.2) is 59.3 Å². The van der Waals surface area contributed by atoms with Gasteiger partial charge in [-0.15, -0.1) is 0 Å². The molecule has 2 unspecified atom stereocenters. The summed E-state index contributed by atoms with van der Waals surface area (Å²) >= 11 is 0. The van der Waals surface area contributed by atoms with E-state index in [-0.39, 0.29) is 30.9 Å². The van der Waals surface area contributed by atoms with Crippen LogP contribution in [0.5, 0.6) is 0 Å². The predicted molar refractivity (Wildman–Crippen MR) is 236 cm³/mol. The number of carboxylic acids is 1. The first-order valence-electron chi connectivity index (χ1n) is 22.7. The van der Waals surface area contributed by atoms with Crippen LogP contribution in [0.2, 0.25) is 0 Å². The molecular formula is C48H82N2O7. The Balaban J connectivity index is 4.38. The number of hydrogen-bond acceptors (Lipinski definition) is 6. The molecule has 4 N–H and O–H groups in total. The number of aliphatic hydroxyl groups excluding tert-OH is 1. The Hall–Kier alpha value is -3.46. The van der Waals surface area contributed by atoms with Crippen molar-refractivity contribution >= 4 is 23.8 Å². The normalized spacial score (nSPS) is 13.0. The first-order valence-corrected chi connectivity index (χ1v) is 22.7. The second-order valence-corrected chi connectivity index (χ2v) is 15.1. The number of carbonyl (C=O) groups is 4. The van der Waals surface area contributed by atoms with Crippen molar-refractivity contribution in [2.75, 3.05) is 13.2 Å². The molecule has 2 amide bonds. The van der Waals surface area contributed by atoms with Gasteiger partial charge in [0.1, 0.15) is 12.1 Å². The summed E-state index contributed by atoms with van der Waals surface area (Å²) in [4.78, 5) is 47.6. The highest BCUT2D eigenvalue weighted by Gasteiger charge is 2.18. The Morgan fingerprint density at radius 1 is 0.544 bits per heavy atom. The Morgan fingerprint density at radius 3 is 1.56 bits per heavy atom. The van der Waals surface area contributed by atoms with Crippen molar-refractivity contribution < 1.29 is 34.1 Å². The molecule has 0 aliphatic rings. The summed E-state index contributed by atoms with van der Waals surface area (Å²) in [6.07, 6.45) is 51.2. The number of carbonyl (C=O) groups excluding carboxylic acids is 3. The van der Waals surface area contributed by atoms with Gasteiger partial charge >= 0.3 is 11.9 Å². The van der Waals surface area contributed by atoms with E-state index in [9.17, 15) is 19.2 Å². The molecular weight excluding hydrogens is 717 g/mol. The van der Waals surface area contributed by atoms with Crippen molar-refractivity contribution in [2.45, 2.75) is 206 Å².